The van der Waals surface area contributed by atoms with E-state index >= 15 is 4.39 Å². The normalized spacial score (nSPS) is 28.2. The van der Waals surface area contributed by atoms with Crippen molar-refractivity contribution in [3.05, 3.63) is 47.3 Å². The number of anilines is 1. The van der Waals surface area contributed by atoms with Crippen molar-refractivity contribution in [3.63, 3.8) is 0 Å². The molecule has 278 valence electrons. The summed E-state index contributed by atoms with van der Waals surface area (Å²) in [5.41, 5.74) is 1.97. The quantitative estimate of drug-likeness (QED) is 0.316. The fourth-order valence-electron chi connectivity index (χ4n) is 6.83. The molecular weight excluding hydrogens is 643 g/mol. The molecule has 1 aromatic carbocycles. The van der Waals surface area contributed by atoms with E-state index in [2.05, 4.69) is 4.90 Å². The summed E-state index contributed by atoms with van der Waals surface area (Å²) in [4.78, 5) is 46.6. The molecule has 7 atom stereocenters. The molecule has 50 heavy (non-hydrogen) atoms. The summed E-state index contributed by atoms with van der Waals surface area (Å²) in [5.74, 6) is -1.89. The molecule has 2 amide bonds. The Balaban J connectivity index is 1.51. The van der Waals surface area contributed by atoms with E-state index in [1.807, 2.05) is 57.9 Å². The number of ether oxygens (including phenoxy) is 2. The monoisotopic (exact) mass is 700 g/mol. The molecule has 0 bridgehead atoms. The van der Waals surface area contributed by atoms with Gasteiger partial charge in [0, 0.05) is 64.0 Å². The van der Waals surface area contributed by atoms with E-state index in [1.54, 1.807) is 22.8 Å². The molecular formula is C38H57FN4O7. The number of piperazine rings is 2. The SMILES string of the molecule is CC[C@H](O)[C@@H](C)C(=O)N1CCN(c2cc(F)cc(/C=C(\C)[C@H]3OC(=O)C[C@H](O)CC[C@H](C)[C@@H](OC(=O)N4CCN(C)CC4)/C=C\[C@@H]3C)c2)CC1. The van der Waals surface area contributed by atoms with Gasteiger partial charge in [-0.05, 0) is 74.6 Å². The first-order valence-electron chi connectivity index (χ1n) is 18.2. The van der Waals surface area contributed by atoms with E-state index in [0.717, 1.165) is 13.1 Å². The number of aliphatic hydroxyl groups excluding tert-OH is 2. The number of aliphatic hydroxyl groups is 2. The second-order valence-corrected chi connectivity index (χ2v) is 14.4. The first kappa shape index (κ1) is 39.3. The van der Waals surface area contributed by atoms with Crippen LogP contribution in [0.25, 0.3) is 6.08 Å². The van der Waals surface area contributed by atoms with Crippen LogP contribution in [0, 0.1) is 23.6 Å². The minimum absolute atomic E-state index is 0.0753. The maximum absolute atomic E-state index is 15.0. The summed E-state index contributed by atoms with van der Waals surface area (Å²) in [5, 5.41) is 20.8. The Kier molecular flexibility index (Phi) is 14.3. The van der Waals surface area contributed by atoms with Crippen LogP contribution in [-0.2, 0) is 19.1 Å². The average Bonchev–Trinajstić information content (AvgIpc) is 3.09. The smallest absolute Gasteiger partial charge is 0.410 e. The van der Waals surface area contributed by atoms with Crippen molar-refractivity contribution in [2.24, 2.45) is 17.8 Å². The molecule has 2 N–H and O–H groups in total. The van der Waals surface area contributed by atoms with Crippen LogP contribution in [-0.4, -0.2) is 127 Å². The average molecular weight is 701 g/mol. The molecule has 3 aliphatic heterocycles. The van der Waals surface area contributed by atoms with Gasteiger partial charge in [0.1, 0.15) is 18.0 Å². The van der Waals surface area contributed by atoms with Crippen molar-refractivity contribution >= 4 is 29.7 Å². The fraction of sp³-hybridized carbons (Fsp3) is 0.658. The lowest BCUT2D eigenvalue weighted by Crippen LogP contribution is -2.51. The van der Waals surface area contributed by atoms with Gasteiger partial charge >= 0.3 is 12.1 Å². The van der Waals surface area contributed by atoms with Gasteiger partial charge in [-0.2, -0.15) is 0 Å². The number of likely N-dealkylation sites (N-methyl/N-ethyl adjacent to an activating group) is 1. The molecule has 11 nitrogen and oxygen atoms in total. The van der Waals surface area contributed by atoms with Gasteiger partial charge < -0.3 is 39.3 Å². The molecule has 2 saturated heterocycles. The molecule has 0 unspecified atom stereocenters. The third-order valence-electron chi connectivity index (χ3n) is 10.3. The Morgan fingerprint density at radius 1 is 1.02 bits per heavy atom. The van der Waals surface area contributed by atoms with Gasteiger partial charge in [-0.3, -0.25) is 9.59 Å². The number of carbonyl (C=O) groups excluding carboxylic acids is 3. The molecule has 1 aromatic rings. The number of hydrogen-bond donors (Lipinski definition) is 2. The van der Waals surface area contributed by atoms with Crippen LogP contribution in [0.3, 0.4) is 0 Å². The lowest BCUT2D eigenvalue weighted by Gasteiger charge is -2.37. The second kappa shape index (κ2) is 18.1. The van der Waals surface area contributed by atoms with Gasteiger partial charge in [-0.15, -0.1) is 0 Å². The molecule has 0 aliphatic carbocycles. The Bertz CT molecular complexity index is 1370. The van der Waals surface area contributed by atoms with Crippen LogP contribution < -0.4 is 4.90 Å². The zero-order chi connectivity index (χ0) is 36.5. The van der Waals surface area contributed by atoms with Crippen LogP contribution in [0.5, 0.6) is 0 Å². The van der Waals surface area contributed by atoms with Gasteiger partial charge in [0.25, 0.3) is 0 Å². The predicted molar refractivity (Wildman–Crippen MR) is 191 cm³/mol. The number of amides is 2. The molecule has 0 aromatic heterocycles. The number of benzene rings is 1. The van der Waals surface area contributed by atoms with Crippen LogP contribution in [0.1, 0.15) is 65.9 Å². The largest absolute Gasteiger partial charge is 0.457 e. The van der Waals surface area contributed by atoms with Crippen molar-refractivity contribution in [1.82, 2.24) is 14.7 Å². The number of nitrogens with zero attached hydrogens (tertiary/aromatic N) is 4. The maximum Gasteiger partial charge on any atom is 0.410 e. The Morgan fingerprint density at radius 2 is 1.68 bits per heavy atom. The summed E-state index contributed by atoms with van der Waals surface area (Å²) >= 11 is 0. The Morgan fingerprint density at radius 3 is 2.34 bits per heavy atom. The van der Waals surface area contributed by atoms with E-state index in [0.29, 0.717) is 75.4 Å². The Hall–Kier alpha value is -3.48. The van der Waals surface area contributed by atoms with Crippen molar-refractivity contribution in [3.8, 4) is 0 Å². The summed E-state index contributed by atoms with van der Waals surface area (Å²) in [7, 11) is 2.02. The zero-order valence-electron chi connectivity index (χ0n) is 30.6. The van der Waals surface area contributed by atoms with Gasteiger partial charge in [0.2, 0.25) is 5.91 Å². The van der Waals surface area contributed by atoms with Gasteiger partial charge in [0.05, 0.1) is 24.5 Å². The fourth-order valence-corrected chi connectivity index (χ4v) is 6.83. The van der Waals surface area contributed by atoms with E-state index < -0.39 is 42.1 Å². The van der Waals surface area contributed by atoms with Crippen molar-refractivity contribution in [1.29, 1.82) is 0 Å². The first-order valence-corrected chi connectivity index (χ1v) is 18.2. The molecule has 3 aliphatic rings. The predicted octanol–water partition coefficient (Wildman–Crippen LogP) is 4.32. The molecule has 0 saturated carbocycles. The molecule has 4 rings (SSSR count). The molecule has 12 heteroatoms. The van der Waals surface area contributed by atoms with Gasteiger partial charge in [-0.1, -0.05) is 39.8 Å². The highest BCUT2D eigenvalue weighted by molar-refractivity contribution is 5.79. The van der Waals surface area contributed by atoms with E-state index in [9.17, 15) is 24.6 Å². The third-order valence-corrected chi connectivity index (χ3v) is 10.3. The summed E-state index contributed by atoms with van der Waals surface area (Å²) in [6, 6.07) is 4.78. The van der Waals surface area contributed by atoms with Crippen molar-refractivity contribution in [2.45, 2.75) is 84.7 Å². The first-order chi connectivity index (χ1) is 23.7. The number of halogens is 1. The van der Waals surface area contributed by atoms with Crippen LogP contribution >= 0.6 is 0 Å². The molecule has 0 spiro atoms. The number of carbonyl (C=O) groups is 3. The van der Waals surface area contributed by atoms with E-state index in [1.165, 1.54) is 12.1 Å². The molecule has 3 heterocycles. The number of rotatable bonds is 7. The summed E-state index contributed by atoms with van der Waals surface area (Å²) in [6.07, 6.45) is 3.65. The van der Waals surface area contributed by atoms with E-state index in [-0.39, 0.29) is 30.3 Å². The summed E-state index contributed by atoms with van der Waals surface area (Å²) < 4.78 is 27.0. The van der Waals surface area contributed by atoms with Gasteiger partial charge in [-0.25, -0.2) is 9.18 Å². The highest BCUT2D eigenvalue weighted by atomic mass is 19.1. The number of hydrogen-bond acceptors (Lipinski definition) is 9. The topological polar surface area (TPSA) is 123 Å². The van der Waals surface area contributed by atoms with Crippen molar-refractivity contribution in [2.75, 3.05) is 64.3 Å². The van der Waals surface area contributed by atoms with E-state index in [4.69, 9.17) is 9.47 Å². The zero-order valence-corrected chi connectivity index (χ0v) is 30.6. The highest BCUT2D eigenvalue weighted by Crippen LogP contribution is 2.28. The molecule has 2 fully saturated rings. The van der Waals surface area contributed by atoms with Crippen LogP contribution in [0.2, 0.25) is 0 Å². The lowest BCUT2D eigenvalue weighted by atomic mass is 9.91. The number of esters is 1. The van der Waals surface area contributed by atoms with Crippen molar-refractivity contribution < 1.29 is 38.5 Å². The Labute approximate surface area is 296 Å². The highest BCUT2D eigenvalue weighted by Gasteiger charge is 2.31. The maximum atomic E-state index is 15.0. The lowest BCUT2D eigenvalue weighted by molar-refractivity contribution is -0.151. The van der Waals surface area contributed by atoms with Crippen LogP contribution in [0.4, 0.5) is 14.9 Å². The minimum atomic E-state index is -0.899. The van der Waals surface area contributed by atoms with Crippen LogP contribution in [0.15, 0.2) is 35.9 Å². The number of cyclic esters (lactones) is 1. The third kappa shape index (κ3) is 10.8. The second-order valence-electron chi connectivity index (χ2n) is 14.4. The molecule has 0 radical (unpaired) electrons. The minimum Gasteiger partial charge on any atom is -0.457 e. The van der Waals surface area contributed by atoms with Gasteiger partial charge in [0.15, 0.2) is 0 Å². The summed E-state index contributed by atoms with van der Waals surface area (Å²) in [6.45, 7) is 14.1. The standard InChI is InChI=1S/C38H57FN4O7/c1-7-33(45)28(5)37(47)42-18-16-41(17-19-42)31-22-29(21-30(39)23-31)20-27(4)36-26(3)9-11-34(25(2)8-10-32(44)24-35(46)50-36)49-38(48)43-14-12-40(6)13-15-43/h9,11,20-23,25-26,28,32-34,36,44-45H,7-8,10,12-19,24H2,1-6H3/b11-9-,27-20+/t25-,26-,28+,32+,33-,34-,36-/m0/s1.